The summed E-state index contributed by atoms with van der Waals surface area (Å²) < 4.78 is 22.4. The molecule has 0 amide bonds. The van der Waals surface area contributed by atoms with Gasteiger partial charge in [-0.05, 0) is 20.8 Å². The van der Waals surface area contributed by atoms with E-state index in [1.54, 1.807) is 20.8 Å². The molecule has 0 saturated heterocycles. The Kier molecular flexibility index (Phi) is 3.90. The lowest BCUT2D eigenvalue weighted by Crippen LogP contribution is -2.25. The van der Waals surface area contributed by atoms with Crippen LogP contribution in [0.4, 0.5) is 0 Å². The summed E-state index contributed by atoms with van der Waals surface area (Å²) in [6.45, 7) is 5.48. The third kappa shape index (κ3) is 2.40. The van der Waals surface area contributed by atoms with Gasteiger partial charge >= 0.3 is 7.60 Å². The Morgan fingerprint density at radius 2 is 1.73 bits per heavy atom. The van der Waals surface area contributed by atoms with Crippen LogP contribution in [0.2, 0.25) is 0 Å². The summed E-state index contributed by atoms with van der Waals surface area (Å²) in [5.74, 6) is 0. The number of aryl methyl sites for hydroxylation is 1. The van der Waals surface area contributed by atoms with Crippen molar-refractivity contribution in [3.63, 3.8) is 0 Å². The van der Waals surface area contributed by atoms with E-state index in [9.17, 15) is 9.36 Å². The van der Waals surface area contributed by atoms with Gasteiger partial charge in [0, 0.05) is 5.69 Å². The van der Waals surface area contributed by atoms with Crippen LogP contribution in [0.25, 0.3) is 0 Å². The summed E-state index contributed by atoms with van der Waals surface area (Å²) in [4.78, 5) is 11.4. The van der Waals surface area contributed by atoms with Crippen molar-refractivity contribution in [3.8, 4) is 0 Å². The van der Waals surface area contributed by atoms with Crippen molar-refractivity contribution in [1.82, 2.24) is 10.2 Å². The van der Waals surface area contributed by atoms with E-state index >= 15 is 0 Å². The monoisotopic (exact) mass is 234 g/mol. The maximum atomic E-state index is 12.2. The molecule has 2 N–H and O–H groups in total. The molecule has 0 bridgehead atoms. The van der Waals surface area contributed by atoms with Gasteiger partial charge in [0.05, 0.1) is 13.2 Å². The summed E-state index contributed by atoms with van der Waals surface area (Å²) in [5.41, 5.74) is 0.0166. The van der Waals surface area contributed by atoms with Gasteiger partial charge in [0.1, 0.15) is 0 Å². The molecule has 0 saturated carbocycles. The normalized spacial score (nSPS) is 11.9. The number of aromatic amines is 2. The molecule has 0 aliphatic heterocycles. The molecule has 0 aromatic carbocycles. The Labute approximate surface area is 87.5 Å². The number of rotatable bonds is 5. The van der Waals surface area contributed by atoms with E-state index in [2.05, 4.69) is 10.2 Å². The molecular weight excluding hydrogens is 219 g/mol. The van der Waals surface area contributed by atoms with Gasteiger partial charge in [0.25, 0.3) is 5.56 Å². The van der Waals surface area contributed by atoms with Gasteiger partial charge in [-0.2, -0.15) is 0 Å². The van der Waals surface area contributed by atoms with Crippen molar-refractivity contribution < 1.29 is 13.6 Å². The molecule has 7 heteroatoms. The van der Waals surface area contributed by atoms with Crippen molar-refractivity contribution in [2.75, 3.05) is 13.2 Å². The molecule has 1 heterocycles. The number of hydrogen-bond acceptors (Lipinski definition) is 4. The number of nitrogens with one attached hydrogen (secondary N) is 2. The van der Waals surface area contributed by atoms with E-state index in [-0.39, 0.29) is 18.5 Å². The van der Waals surface area contributed by atoms with Crippen LogP contribution in [0.1, 0.15) is 19.5 Å². The Morgan fingerprint density at radius 3 is 2.07 bits per heavy atom. The molecule has 6 nitrogen and oxygen atoms in total. The fourth-order valence-corrected chi connectivity index (χ4v) is 3.06. The summed E-state index contributed by atoms with van der Waals surface area (Å²) in [5, 5.41) is 5.00. The summed E-state index contributed by atoms with van der Waals surface area (Å²) in [7, 11) is -3.47. The second kappa shape index (κ2) is 4.79. The third-order valence-electron chi connectivity index (χ3n) is 1.81. The molecule has 15 heavy (non-hydrogen) atoms. The zero-order chi connectivity index (χ0) is 11.5. The second-order valence-electron chi connectivity index (χ2n) is 2.89. The predicted molar refractivity (Wildman–Crippen MR) is 56.6 cm³/mol. The summed E-state index contributed by atoms with van der Waals surface area (Å²) in [6, 6.07) is 0. The minimum atomic E-state index is -3.47. The molecule has 1 rings (SSSR count). The van der Waals surface area contributed by atoms with Crippen molar-refractivity contribution >= 4 is 12.9 Å². The van der Waals surface area contributed by atoms with E-state index in [1.165, 1.54) is 0 Å². The number of aromatic nitrogens is 2. The van der Waals surface area contributed by atoms with Gasteiger partial charge in [0.2, 0.25) is 0 Å². The van der Waals surface area contributed by atoms with Crippen LogP contribution < -0.4 is 10.9 Å². The van der Waals surface area contributed by atoms with Crippen LogP contribution in [0, 0.1) is 6.92 Å². The fraction of sp³-hybridized carbons (Fsp3) is 0.625. The molecule has 86 valence electrons. The highest BCUT2D eigenvalue weighted by atomic mass is 31.2. The first-order valence-corrected chi connectivity index (χ1v) is 6.26. The largest absolute Gasteiger partial charge is 0.368 e. The summed E-state index contributed by atoms with van der Waals surface area (Å²) >= 11 is 0. The van der Waals surface area contributed by atoms with Crippen molar-refractivity contribution in [2.24, 2.45) is 0 Å². The third-order valence-corrected chi connectivity index (χ3v) is 4.09. The lowest BCUT2D eigenvalue weighted by atomic mass is 10.5. The van der Waals surface area contributed by atoms with Gasteiger partial charge in [-0.15, -0.1) is 0 Å². The molecule has 0 radical (unpaired) electrons. The van der Waals surface area contributed by atoms with Crippen LogP contribution in [0.3, 0.4) is 0 Å². The molecule has 1 aromatic heterocycles. The Bertz CT molecular complexity index is 413. The van der Waals surface area contributed by atoms with E-state index < -0.39 is 13.2 Å². The first-order chi connectivity index (χ1) is 7.05. The number of H-pyrrole nitrogens is 2. The molecule has 0 fully saturated rings. The number of hydrogen-bond donors (Lipinski definition) is 2. The smallest absolute Gasteiger partial charge is 0.305 e. The molecular formula is C8H15N2O4P. The quantitative estimate of drug-likeness (QED) is 0.741. The lowest BCUT2D eigenvalue weighted by Gasteiger charge is -2.15. The van der Waals surface area contributed by atoms with Gasteiger partial charge in [0.15, 0.2) is 5.30 Å². The first-order valence-electron chi connectivity index (χ1n) is 4.72. The minimum Gasteiger partial charge on any atom is -0.305 e. The van der Waals surface area contributed by atoms with Crippen molar-refractivity contribution in [2.45, 2.75) is 20.8 Å². The molecule has 0 aliphatic carbocycles. The predicted octanol–water partition coefficient (Wildman–Crippen LogP) is 0.903. The van der Waals surface area contributed by atoms with Crippen LogP contribution >= 0.6 is 7.60 Å². The molecule has 0 spiro atoms. The molecule has 0 atom stereocenters. The molecule has 0 unspecified atom stereocenters. The van der Waals surface area contributed by atoms with E-state index in [0.717, 1.165) is 0 Å². The minimum absolute atomic E-state index is 0.0613. The average Bonchev–Trinajstić information content (AvgIpc) is 2.47. The van der Waals surface area contributed by atoms with E-state index in [4.69, 9.17) is 9.05 Å². The molecule has 0 aliphatic rings. The highest BCUT2D eigenvalue weighted by molar-refractivity contribution is 7.62. The highest BCUT2D eigenvalue weighted by Crippen LogP contribution is 2.46. The zero-order valence-electron chi connectivity index (χ0n) is 8.99. The van der Waals surface area contributed by atoms with Crippen LogP contribution in [-0.2, 0) is 13.6 Å². The fourth-order valence-electron chi connectivity index (χ4n) is 1.28. The average molecular weight is 234 g/mol. The lowest BCUT2D eigenvalue weighted by molar-refractivity contribution is 0.229. The highest BCUT2D eigenvalue weighted by Gasteiger charge is 2.32. The van der Waals surface area contributed by atoms with E-state index in [1.807, 2.05) is 0 Å². The van der Waals surface area contributed by atoms with Crippen LogP contribution in [0.15, 0.2) is 4.79 Å². The topological polar surface area (TPSA) is 84.2 Å². The van der Waals surface area contributed by atoms with Crippen LogP contribution in [0.5, 0.6) is 0 Å². The summed E-state index contributed by atoms with van der Waals surface area (Å²) in [6.07, 6.45) is 0. The van der Waals surface area contributed by atoms with Gasteiger partial charge in [-0.25, -0.2) is 0 Å². The SMILES string of the molecule is CCOP(=O)(OCC)c1c(C)[nH][nH]c1=O. The van der Waals surface area contributed by atoms with E-state index in [0.29, 0.717) is 5.69 Å². The maximum Gasteiger partial charge on any atom is 0.368 e. The Hall–Kier alpha value is -0.840. The first kappa shape index (κ1) is 12.2. The van der Waals surface area contributed by atoms with Crippen molar-refractivity contribution in [3.05, 3.63) is 16.0 Å². The molecule has 1 aromatic rings. The van der Waals surface area contributed by atoms with Gasteiger partial charge in [-0.3, -0.25) is 14.5 Å². The Balaban J connectivity index is 3.21. The zero-order valence-corrected chi connectivity index (χ0v) is 9.89. The maximum absolute atomic E-state index is 12.2. The van der Waals surface area contributed by atoms with Gasteiger partial charge < -0.3 is 14.1 Å². The van der Waals surface area contributed by atoms with Gasteiger partial charge in [-0.1, -0.05) is 0 Å². The van der Waals surface area contributed by atoms with Crippen molar-refractivity contribution in [1.29, 1.82) is 0 Å². The Morgan fingerprint density at radius 1 is 1.20 bits per heavy atom. The second-order valence-corrected chi connectivity index (χ2v) is 4.84. The standard InChI is InChI=1S/C8H15N2O4P/c1-4-13-15(12,14-5-2)7-6(3)9-10-8(7)11/h4-5H2,1-3H3,(H2,9,10,11). The van der Waals surface area contributed by atoms with Crippen LogP contribution in [-0.4, -0.2) is 23.4 Å².